The molecule has 0 unspecified atom stereocenters. The zero-order valence-corrected chi connectivity index (χ0v) is 13.0. The van der Waals surface area contributed by atoms with E-state index in [1.54, 1.807) is 12.1 Å². The Kier molecular flexibility index (Phi) is 5.67. The minimum absolute atomic E-state index is 0.158. The molecular formula is C11H14ClN3O3S2. The van der Waals surface area contributed by atoms with Gasteiger partial charge in [-0.3, -0.25) is 0 Å². The quantitative estimate of drug-likeness (QED) is 0.594. The third kappa shape index (κ3) is 3.86. The summed E-state index contributed by atoms with van der Waals surface area (Å²) in [6.07, 6.45) is 0.585. The van der Waals surface area contributed by atoms with E-state index in [0.717, 1.165) is 11.4 Å². The molecule has 0 radical (unpaired) electrons. The number of sulfonamides is 1. The summed E-state index contributed by atoms with van der Waals surface area (Å²) in [5, 5.41) is 0. The van der Waals surface area contributed by atoms with Gasteiger partial charge in [0.05, 0.1) is 18.0 Å². The van der Waals surface area contributed by atoms with Gasteiger partial charge < -0.3 is 4.74 Å². The van der Waals surface area contributed by atoms with Crippen molar-refractivity contribution >= 4 is 44.4 Å². The van der Waals surface area contributed by atoms with Gasteiger partial charge in [0.15, 0.2) is 0 Å². The van der Waals surface area contributed by atoms with Crippen LogP contribution in [0.1, 0.15) is 6.42 Å². The van der Waals surface area contributed by atoms with Crippen LogP contribution in [0.25, 0.3) is 0 Å². The van der Waals surface area contributed by atoms with Gasteiger partial charge in [-0.05, 0) is 18.6 Å². The number of benzene rings is 1. The number of hydrogen-bond donors (Lipinski definition) is 1. The molecule has 1 aliphatic heterocycles. The molecule has 0 saturated heterocycles. The fourth-order valence-electron chi connectivity index (χ4n) is 1.61. The summed E-state index contributed by atoms with van der Waals surface area (Å²) in [5.41, 5.74) is 0.992. The average Bonchev–Trinajstić information content (AvgIpc) is 2.90. The zero-order chi connectivity index (χ0) is 14.4. The summed E-state index contributed by atoms with van der Waals surface area (Å²) in [5.74, 6) is 0.435. The molecule has 110 valence electrons. The van der Waals surface area contributed by atoms with Gasteiger partial charge in [0.25, 0.3) is 0 Å². The summed E-state index contributed by atoms with van der Waals surface area (Å²) in [6, 6.07) is 4.91. The summed E-state index contributed by atoms with van der Waals surface area (Å²) in [6.45, 7) is 1.24. The van der Waals surface area contributed by atoms with Crippen LogP contribution in [0.4, 0.5) is 11.4 Å². The average molecular weight is 336 g/mol. The van der Waals surface area contributed by atoms with E-state index in [1.807, 2.05) is 0 Å². The summed E-state index contributed by atoms with van der Waals surface area (Å²) < 4.78 is 40.2. The van der Waals surface area contributed by atoms with Crippen molar-refractivity contribution in [2.75, 3.05) is 25.6 Å². The molecule has 0 aromatic heterocycles. The zero-order valence-electron chi connectivity index (χ0n) is 10.6. The SMILES string of the molecule is O=S(=O)(NCCCOCCCl)c1cccc2c1N=S=N2. The van der Waals surface area contributed by atoms with Gasteiger partial charge in [-0.15, -0.1) is 11.6 Å². The number of hydrogen-bond acceptors (Lipinski definition) is 5. The minimum atomic E-state index is -3.58. The normalized spacial score (nSPS) is 13.2. The maximum Gasteiger partial charge on any atom is 0.242 e. The molecule has 0 atom stereocenters. The van der Waals surface area contributed by atoms with Crippen LogP contribution in [0.5, 0.6) is 0 Å². The smallest absolute Gasteiger partial charge is 0.242 e. The van der Waals surface area contributed by atoms with E-state index in [4.69, 9.17) is 16.3 Å². The van der Waals surface area contributed by atoms with E-state index in [9.17, 15) is 8.42 Å². The van der Waals surface area contributed by atoms with E-state index >= 15 is 0 Å². The molecule has 0 saturated carbocycles. The van der Waals surface area contributed by atoms with Crippen molar-refractivity contribution < 1.29 is 13.2 Å². The first kappa shape index (κ1) is 15.6. The van der Waals surface area contributed by atoms with Crippen molar-refractivity contribution in [1.29, 1.82) is 0 Å². The van der Waals surface area contributed by atoms with Gasteiger partial charge in [-0.25, -0.2) is 13.1 Å². The first-order valence-corrected chi connectivity index (χ1v) is 8.74. The highest BCUT2D eigenvalue weighted by atomic mass is 35.5. The summed E-state index contributed by atoms with van der Waals surface area (Å²) in [4.78, 5) is 0.158. The molecule has 0 aliphatic carbocycles. The lowest BCUT2D eigenvalue weighted by atomic mass is 10.3. The molecule has 0 amide bonds. The van der Waals surface area contributed by atoms with Gasteiger partial charge in [-0.2, -0.15) is 8.73 Å². The second kappa shape index (κ2) is 7.28. The molecule has 0 spiro atoms. The second-order valence-corrected chi connectivity index (χ2v) is 6.58. The van der Waals surface area contributed by atoms with E-state index in [0.29, 0.717) is 43.4 Å². The van der Waals surface area contributed by atoms with Crippen molar-refractivity contribution in [2.24, 2.45) is 8.73 Å². The van der Waals surface area contributed by atoms with E-state index in [2.05, 4.69) is 13.4 Å². The Hall–Kier alpha value is -0.800. The number of nitrogens with one attached hydrogen (secondary N) is 1. The van der Waals surface area contributed by atoms with Gasteiger partial charge in [-0.1, -0.05) is 6.07 Å². The Balaban J connectivity index is 1.95. The monoisotopic (exact) mass is 335 g/mol. The predicted molar refractivity (Wildman–Crippen MR) is 79.3 cm³/mol. The van der Waals surface area contributed by atoms with Gasteiger partial charge in [0, 0.05) is 19.0 Å². The molecular weight excluding hydrogens is 322 g/mol. The highest BCUT2D eigenvalue weighted by Gasteiger charge is 2.21. The predicted octanol–water partition coefficient (Wildman–Crippen LogP) is 2.34. The second-order valence-electron chi connectivity index (χ2n) is 3.94. The molecule has 0 bridgehead atoms. The molecule has 1 N–H and O–H groups in total. The van der Waals surface area contributed by atoms with Crippen molar-refractivity contribution in [3.8, 4) is 0 Å². The van der Waals surface area contributed by atoms with E-state index < -0.39 is 10.0 Å². The lowest BCUT2D eigenvalue weighted by Gasteiger charge is -2.08. The van der Waals surface area contributed by atoms with Crippen molar-refractivity contribution in [3.05, 3.63) is 18.2 Å². The van der Waals surface area contributed by atoms with Crippen LogP contribution >= 0.6 is 11.6 Å². The third-order valence-corrected chi connectivity index (χ3v) is 4.71. The van der Waals surface area contributed by atoms with Crippen molar-refractivity contribution in [2.45, 2.75) is 11.3 Å². The van der Waals surface area contributed by atoms with Crippen LogP contribution in [0, 0.1) is 0 Å². The van der Waals surface area contributed by atoms with Crippen LogP contribution in [0.15, 0.2) is 31.8 Å². The Bertz CT molecular complexity index is 642. The van der Waals surface area contributed by atoms with Crippen molar-refractivity contribution in [3.63, 3.8) is 0 Å². The maximum absolute atomic E-state index is 12.2. The molecule has 1 aliphatic rings. The van der Waals surface area contributed by atoms with Gasteiger partial charge >= 0.3 is 0 Å². The highest BCUT2D eigenvalue weighted by Crippen LogP contribution is 2.37. The lowest BCUT2D eigenvalue weighted by Crippen LogP contribution is -2.25. The van der Waals surface area contributed by atoms with Crippen LogP contribution in [0.2, 0.25) is 0 Å². The lowest BCUT2D eigenvalue weighted by molar-refractivity contribution is 0.147. The number of fused-ring (bicyclic) bond motifs is 1. The molecule has 1 heterocycles. The molecule has 0 fully saturated rings. The van der Waals surface area contributed by atoms with Crippen molar-refractivity contribution in [1.82, 2.24) is 4.72 Å². The maximum atomic E-state index is 12.2. The Morgan fingerprint density at radius 3 is 2.95 bits per heavy atom. The number of nitrogens with zero attached hydrogens (tertiary/aromatic N) is 2. The molecule has 2 rings (SSSR count). The summed E-state index contributed by atoms with van der Waals surface area (Å²) >= 11 is 6.46. The Morgan fingerprint density at radius 1 is 1.30 bits per heavy atom. The molecule has 20 heavy (non-hydrogen) atoms. The van der Waals surface area contributed by atoms with Gasteiger partial charge in [0.1, 0.15) is 16.3 Å². The number of rotatable bonds is 8. The number of halogens is 1. The Labute approximate surface area is 126 Å². The molecule has 1 aromatic carbocycles. The minimum Gasteiger partial charge on any atom is -0.380 e. The van der Waals surface area contributed by atoms with Crippen LogP contribution in [-0.4, -0.2) is 34.1 Å². The largest absolute Gasteiger partial charge is 0.380 e. The van der Waals surface area contributed by atoms with Gasteiger partial charge in [0.2, 0.25) is 10.0 Å². The van der Waals surface area contributed by atoms with E-state index in [-0.39, 0.29) is 4.90 Å². The van der Waals surface area contributed by atoms with Crippen LogP contribution < -0.4 is 4.72 Å². The third-order valence-electron chi connectivity index (χ3n) is 2.52. The molecule has 9 heteroatoms. The first-order chi connectivity index (χ1) is 9.65. The fourth-order valence-corrected chi connectivity index (χ4v) is 3.56. The Morgan fingerprint density at radius 2 is 2.15 bits per heavy atom. The van der Waals surface area contributed by atoms with Crippen LogP contribution in [-0.2, 0) is 26.1 Å². The molecule has 1 aromatic rings. The first-order valence-electron chi connectivity index (χ1n) is 6.00. The number of alkyl halides is 1. The van der Waals surface area contributed by atoms with Crippen LogP contribution in [0.3, 0.4) is 0 Å². The topological polar surface area (TPSA) is 80.1 Å². The standard InChI is InChI=1S/C11H14ClN3O3S2/c12-5-8-18-7-2-6-13-20(16,17)10-4-1-3-9-11(10)15-19-14-9/h1,3-4,13H,2,5-8H2. The highest BCUT2D eigenvalue weighted by molar-refractivity contribution is 7.89. The number of ether oxygens (including phenoxy) is 1. The molecule has 6 nitrogen and oxygen atoms in total. The summed E-state index contributed by atoms with van der Waals surface area (Å²) in [7, 11) is -3.58. The fraction of sp³-hybridized carbons (Fsp3) is 0.455. The van der Waals surface area contributed by atoms with E-state index in [1.165, 1.54) is 6.07 Å².